The number of carbonyl (C=O) groups excluding carboxylic acids is 1. The lowest BCUT2D eigenvalue weighted by Gasteiger charge is -2.35. The van der Waals surface area contributed by atoms with E-state index >= 15 is 0 Å². The maximum absolute atomic E-state index is 12.1. The van der Waals surface area contributed by atoms with E-state index in [0.29, 0.717) is 5.76 Å². The molecule has 0 N–H and O–H groups in total. The van der Waals surface area contributed by atoms with Crippen molar-refractivity contribution in [2.45, 2.75) is 77.2 Å². The number of rotatable bonds is 2. The normalized spacial score (nSPS) is 34.0. The fourth-order valence-electron chi connectivity index (χ4n) is 2.19. The summed E-state index contributed by atoms with van der Waals surface area (Å²) < 4.78 is 22.8. The second-order valence-electron chi connectivity index (χ2n) is 7.89. The molecule has 21 heavy (non-hydrogen) atoms. The Balaban J connectivity index is 2.23. The average molecular weight is 314 g/mol. The first-order chi connectivity index (χ1) is 9.29. The first-order valence-electron chi connectivity index (χ1n) is 7.27. The fourth-order valence-corrected chi connectivity index (χ4v) is 2.96. The number of ether oxygens (including phenoxy) is 3. The van der Waals surface area contributed by atoms with Gasteiger partial charge in [0.05, 0.1) is 0 Å². The van der Waals surface area contributed by atoms with E-state index in [1.807, 2.05) is 0 Å². The van der Waals surface area contributed by atoms with Crippen LogP contribution in [0.2, 0.25) is 18.1 Å². The van der Waals surface area contributed by atoms with Gasteiger partial charge in [0.2, 0.25) is 8.32 Å². The van der Waals surface area contributed by atoms with Crippen LogP contribution in [0.4, 0.5) is 0 Å². The lowest BCUT2D eigenvalue weighted by atomic mass is 10.0. The number of cyclic esters (lactones) is 1. The Bertz CT molecular complexity index is 489. The Morgan fingerprint density at radius 3 is 2.33 bits per heavy atom. The van der Waals surface area contributed by atoms with Gasteiger partial charge in [-0.25, -0.2) is 4.79 Å². The summed E-state index contributed by atoms with van der Waals surface area (Å²) in [5.41, 5.74) is -1.09. The van der Waals surface area contributed by atoms with E-state index in [2.05, 4.69) is 33.9 Å². The standard InChI is InChI=1S/C15H26O5Si/c1-13(2,3)21(7,8)17-9-10-11-15(6,12(16)18-10)20-14(4,5)19-11/h9,11H,1-8H3/b10-9+/t11-,15-/m1/s1. The van der Waals surface area contributed by atoms with Gasteiger partial charge in [0.15, 0.2) is 23.3 Å². The van der Waals surface area contributed by atoms with Crippen LogP contribution in [0.3, 0.4) is 0 Å². The van der Waals surface area contributed by atoms with Crippen LogP contribution in [-0.4, -0.2) is 31.8 Å². The summed E-state index contributed by atoms with van der Waals surface area (Å²) in [7, 11) is -1.96. The molecular weight excluding hydrogens is 288 g/mol. The zero-order chi connectivity index (χ0) is 16.3. The molecule has 2 aliphatic heterocycles. The van der Waals surface area contributed by atoms with E-state index in [4.69, 9.17) is 18.6 Å². The Labute approximate surface area is 127 Å². The summed E-state index contributed by atoms with van der Waals surface area (Å²) in [5, 5.41) is 0.0717. The van der Waals surface area contributed by atoms with Gasteiger partial charge in [-0.1, -0.05) is 20.8 Å². The lowest BCUT2D eigenvalue weighted by Crippen LogP contribution is -2.40. The quantitative estimate of drug-likeness (QED) is 0.444. The molecule has 2 heterocycles. The van der Waals surface area contributed by atoms with Gasteiger partial charge in [0.25, 0.3) is 0 Å². The third kappa shape index (κ3) is 2.76. The maximum atomic E-state index is 12.1. The number of esters is 1. The molecule has 0 amide bonds. The van der Waals surface area contributed by atoms with Crippen molar-refractivity contribution < 1.29 is 23.4 Å². The molecule has 2 atom stereocenters. The molecule has 0 aromatic carbocycles. The van der Waals surface area contributed by atoms with Crippen LogP contribution in [0.25, 0.3) is 0 Å². The highest BCUT2D eigenvalue weighted by Gasteiger charge is 2.63. The van der Waals surface area contributed by atoms with Gasteiger partial charge in [-0.2, -0.15) is 0 Å². The zero-order valence-corrected chi connectivity index (χ0v) is 15.2. The molecule has 2 saturated heterocycles. The second-order valence-corrected chi connectivity index (χ2v) is 12.7. The molecule has 0 spiro atoms. The van der Waals surface area contributed by atoms with E-state index < -0.39 is 31.8 Å². The zero-order valence-electron chi connectivity index (χ0n) is 14.2. The van der Waals surface area contributed by atoms with Crippen LogP contribution in [-0.2, 0) is 23.4 Å². The number of hydrogen-bond donors (Lipinski definition) is 0. The van der Waals surface area contributed by atoms with Crippen LogP contribution in [0, 0.1) is 0 Å². The number of hydrogen-bond acceptors (Lipinski definition) is 5. The van der Waals surface area contributed by atoms with Crippen molar-refractivity contribution in [2.75, 3.05) is 0 Å². The SMILES string of the molecule is CC1(C)O[C@@H]2/C(=C\O[Si](C)(C)C(C)(C)C)OC(=O)[C@]2(C)O1. The van der Waals surface area contributed by atoms with Crippen LogP contribution in [0.1, 0.15) is 41.5 Å². The van der Waals surface area contributed by atoms with E-state index in [-0.39, 0.29) is 5.04 Å². The van der Waals surface area contributed by atoms with Crippen molar-refractivity contribution in [3.05, 3.63) is 12.0 Å². The predicted molar refractivity (Wildman–Crippen MR) is 80.9 cm³/mol. The Morgan fingerprint density at radius 2 is 1.81 bits per heavy atom. The number of carbonyl (C=O) groups is 1. The minimum absolute atomic E-state index is 0.0717. The van der Waals surface area contributed by atoms with Gasteiger partial charge in [0.1, 0.15) is 6.26 Å². The topological polar surface area (TPSA) is 54.0 Å². The van der Waals surface area contributed by atoms with Crippen molar-refractivity contribution >= 4 is 14.3 Å². The Hall–Kier alpha value is -0.853. The monoisotopic (exact) mass is 314 g/mol. The Kier molecular flexibility index (Phi) is 3.59. The van der Waals surface area contributed by atoms with E-state index in [0.717, 1.165) is 0 Å². The summed E-state index contributed by atoms with van der Waals surface area (Å²) in [6.45, 7) is 16.0. The molecule has 2 fully saturated rings. The van der Waals surface area contributed by atoms with Crippen molar-refractivity contribution in [2.24, 2.45) is 0 Å². The molecule has 5 nitrogen and oxygen atoms in total. The van der Waals surface area contributed by atoms with Crippen molar-refractivity contribution in [1.82, 2.24) is 0 Å². The van der Waals surface area contributed by atoms with Crippen LogP contribution >= 0.6 is 0 Å². The van der Waals surface area contributed by atoms with Gasteiger partial charge >= 0.3 is 5.97 Å². The molecule has 2 aliphatic rings. The minimum Gasteiger partial charge on any atom is -0.546 e. The maximum Gasteiger partial charge on any atom is 0.346 e. The summed E-state index contributed by atoms with van der Waals surface area (Å²) in [6.07, 6.45) is 1.00. The predicted octanol–water partition coefficient (Wildman–Crippen LogP) is 3.32. The Morgan fingerprint density at radius 1 is 1.24 bits per heavy atom. The first kappa shape index (κ1) is 16.5. The smallest absolute Gasteiger partial charge is 0.346 e. The summed E-state index contributed by atoms with van der Waals surface area (Å²) in [6, 6.07) is 0. The van der Waals surface area contributed by atoms with Crippen molar-refractivity contribution in [3.63, 3.8) is 0 Å². The van der Waals surface area contributed by atoms with Gasteiger partial charge < -0.3 is 18.6 Å². The van der Waals surface area contributed by atoms with E-state index in [1.54, 1.807) is 27.0 Å². The molecule has 120 valence electrons. The highest BCUT2D eigenvalue weighted by Crippen LogP contribution is 2.46. The molecule has 0 saturated carbocycles. The molecule has 0 radical (unpaired) electrons. The average Bonchev–Trinajstić information content (AvgIpc) is 2.64. The number of fused-ring (bicyclic) bond motifs is 1. The van der Waals surface area contributed by atoms with Gasteiger partial charge in [-0.15, -0.1) is 0 Å². The van der Waals surface area contributed by atoms with Crippen molar-refractivity contribution in [3.8, 4) is 0 Å². The van der Waals surface area contributed by atoms with E-state index in [1.165, 1.54) is 0 Å². The summed E-state index contributed by atoms with van der Waals surface area (Å²) in [4.78, 5) is 12.1. The van der Waals surface area contributed by atoms with E-state index in [9.17, 15) is 4.79 Å². The lowest BCUT2D eigenvalue weighted by molar-refractivity contribution is -0.186. The van der Waals surface area contributed by atoms with Crippen LogP contribution in [0.15, 0.2) is 12.0 Å². The van der Waals surface area contributed by atoms with Gasteiger partial charge in [-0.3, -0.25) is 0 Å². The molecule has 2 rings (SSSR count). The summed E-state index contributed by atoms with van der Waals surface area (Å²) >= 11 is 0. The highest BCUT2D eigenvalue weighted by atomic mass is 28.4. The fraction of sp³-hybridized carbons (Fsp3) is 0.800. The largest absolute Gasteiger partial charge is 0.546 e. The van der Waals surface area contributed by atoms with Gasteiger partial charge in [0, 0.05) is 0 Å². The summed E-state index contributed by atoms with van der Waals surface area (Å²) in [5.74, 6) is -0.837. The minimum atomic E-state index is -1.96. The molecule has 0 unspecified atom stereocenters. The molecule has 0 aromatic heterocycles. The van der Waals surface area contributed by atoms with Crippen LogP contribution in [0.5, 0.6) is 0 Å². The third-order valence-electron chi connectivity index (χ3n) is 4.51. The molecule has 6 heteroatoms. The molecule has 0 aromatic rings. The second kappa shape index (κ2) is 4.57. The molecule has 0 bridgehead atoms. The highest BCUT2D eigenvalue weighted by molar-refractivity contribution is 6.74. The van der Waals surface area contributed by atoms with Crippen molar-refractivity contribution in [1.29, 1.82) is 0 Å². The first-order valence-corrected chi connectivity index (χ1v) is 10.2. The van der Waals surface area contributed by atoms with Crippen LogP contribution < -0.4 is 0 Å². The van der Waals surface area contributed by atoms with Gasteiger partial charge in [-0.05, 0) is 38.9 Å². The molecule has 0 aliphatic carbocycles. The molecular formula is C15H26O5Si. The third-order valence-corrected chi connectivity index (χ3v) is 8.83.